The molecule has 0 aliphatic rings. The van der Waals surface area contributed by atoms with Crippen LogP contribution in [0.3, 0.4) is 0 Å². The average Bonchev–Trinajstić information content (AvgIpc) is 2.69. The molecular formula is C20H18IN3O3S. The van der Waals surface area contributed by atoms with Crippen molar-refractivity contribution in [3.05, 3.63) is 87.8 Å². The Bertz CT molecular complexity index is 1040. The minimum absolute atomic E-state index is 0.211. The maximum Gasteiger partial charge on any atom is 0.255 e. The van der Waals surface area contributed by atoms with Crippen LogP contribution in [0.1, 0.15) is 15.9 Å². The topological polar surface area (TPSA) is 88.2 Å². The van der Waals surface area contributed by atoms with Gasteiger partial charge in [-0.2, -0.15) is 0 Å². The van der Waals surface area contributed by atoms with Gasteiger partial charge in [0.1, 0.15) is 0 Å². The van der Waals surface area contributed by atoms with Gasteiger partial charge in [0.15, 0.2) is 0 Å². The number of aromatic nitrogens is 1. The van der Waals surface area contributed by atoms with Gasteiger partial charge in [0, 0.05) is 33.8 Å². The molecule has 0 fully saturated rings. The van der Waals surface area contributed by atoms with Crippen molar-refractivity contribution in [3.8, 4) is 0 Å². The lowest BCUT2D eigenvalue weighted by atomic mass is 10.1. The normalized spacial score (nSPS) is 11.2. The molecule has 0 atom stereocenters. The molecule has 1 aromatic heterocycles. The minimum Gasteiger partial charge on any atom is -0.322 e. The highest BCUT2D eigenvalue weighted by Crippen LogP contribution is 2.13. The molecule has 0 saturated carbocycles. The van der Waals surface area contributed by atoms with Gasteiger partial charge in [-0.05, 0) is 83.1 Å². The largest absolute Gasteiger partial charge is 0.322 e. The van der Waals surface area contributed by atoms with Crippen LogP contribution in [0.2, 0.25) is 0 Å². The summed E-state index contributed by atoms with van der Waals surface area (Å²) in [5.74, 6) is -0.211. The molecule has 0 bridgehead atoms. The summed E-state index contributed by atoms with van der Waals surface area (Å²) in [6.07, 6.45) is 3.74. The average molecular weight is 507 g/mol. The fourth-order valence-electron chi connectivity index (χ4n) is 2.49. The zero-order chi connectivity index (χ0) is 20.0. The minimum atomic E-state index is -3.53. The molecule has 0 aliphatic carbocycles. The predicted octanol–water partition coefficient (Wildman–Crippen LogP) is 3.46. The third kappa shape index (κ3) is 5.60. The SMILES string of the molecule is O=C(Nc1ccncc1)c1ccc(CCNS(=O)(=O)c2ccc(I)cc2)cc1. The van der Waals surface area contributed by atoms with Gasteiger partial charge < -0.3 is 5.32 Å². The summed E-state index contributed by atoms with van der Waals surface area (Å²) in [7, 11) is -3.53. The molecule has 0 spiro atoms. The molecular weight excluding hydrogens is 489 g/mol. The summed E-state index contributed by atoms with van der Waals surface area (Å²) in [6, 6.07) is 17.2. The zero-order valence-electron chi connectivity index (χ0n) is 14.8. The van der Waals surface area contributed by atoms with Gasteiger partial charge >= 0.3 is 0 Å². The molecule has 0 radical (unpaired) electrons. The number of carbonyl (C=O) groups excluding carboxylic acids is 1. The van der Waals surface area contributed by atoms with E-state index in [0.717, 1.165) is 9.13 Å². The first-order valence-electron chi connectivity index (χ1n) is 8.49. The molecule has 1 heterocycles. The molecule has 0 saturated heterocycles. The lowest BCUT2D eigenvalue weighted by Crippen LogP contribution is -2.26. The maximum absolute atomic E-state index is 12.3. The summed E-state index contributed by atoms with van der Waals surface area (Å²) in [5.41, 5.74) is 2.14. The Morgan fingerprint density at radius 2 is 1.57 bits per heavy atom. The van der Waals surface area contributed by atoms with Crippen LogP contribution in [0.25, 0.3) is 0 Å². The van der Waals surface area contributed by atoms with E-state index in [1.165, 1.54) is 0 Å². The molecule has 2 N–H and O–H groups in total. The number of halogens is 1. The Labute approximate surface area is 177 Å². The van der Waals surface area contributed by atoms with E-state index in [4.69, 9.17) is 0 Å². The van der Waals surface area contributed by atoms with Crippen LogP contribution >= 0.6 is 22.6 Å². The molecule has 8 heteroatoms. The van der Waals surface area contributed by atoms with E-state index in [0.29, 0.717) is 17.7 Å². The highest BCUT2D eigenvalue weighted by Gasteiger charge is 2.13. The number of carbonyl (C=O) groups is 1. The van der Waals surface area contributed by atoms with Crippen LogP contribution in [-0.4, -0.2) is 25.9 Å². The molecule has 2 aromatic carbocycles. The van der Waals surface area contributed by atoms with Crippen molar-refractivity contribution >= 4 is 44.2 Å². The van der Waals surface area contributed by atoms with E-state index in [2.05, 4.69) is 37.6 Å². The van der Waals surface area contributed by atoms with Crippen molar-refractivity contribution in [3.63, 3.8) is 0 Å². The molecule has 0 unspecified atom stereocenters. The Balaban J connectivity index is 1.54. The van der Waals surface area contributed by atoms with Crippen molar-refractivity contribution in [1.82, 2.24) is 9.71 Å². The third-order valence-corrected chi connectivity index (χ3v) is 6.18. The van der Waals surface area contributed by atoms with Crippen LogP contribution in [0.4, 0.5) is 5.69 Å². The van der Waals surface area contributed by atoms with Crippen molar-refractivity contribution in [2.45, 2.75) is 11.3 Å². The summed E-state index contributed by atoms with van der Waals surface area (Å²) < 4.78 is 28.1. The van der Waals surface area contributed by atoms with E-state index in [-0.39, 0.29) is 17.3 Å². The second-order valence-corrected chi connectivity index (χ2v) is 9.00. The van der Waals surface area contributed by atoms with Gasteiger partial charge in [0.2, 0.25) is 10.0 Å². The summed E-state index contributed by atoms with van der Waals surface area (Å²) in [4.78, 5) is 16.4. The number of amides is 1. The number of hydrogen-bond donors (Lipinski definition) is 2. The maximum atomic E-state index is 12.3. The second kappa shape index (κ2) is 9.26. The number of nitrogens with one attached hydrogen (secondary N) is 2. The summed E-state index contributed by atoms with van der Waals surface area (Å²) in [6.45, 7) is 0.275. The van der Waals surface area contributed by atoms with Crippen molar-refractivity contribution in [1.29, 1.82) is 0 Å². The van der Waals surface area contributed by atoms with Gasteiger partial charge in [0.25, 0.3) is 5.91 Å². The summed E-state index contributed by atoms with van der Waals surface area (Å²) in [5, 5.41) is 2.79. The molecule has 1 amide bonds. The summed E-state index contributed by atoms with van der Waals surface area (Å²) >= 11 is 2.13. The smallest absolute Gasteiger partial charge is 0.255 e. The number of nitrogens with zero attached hydrogens (tertiary/aromatic N) is 1. The fraction of sp³-hybridized carbons (Fsp3) is 0.100. The van der Waals surface area contributed by atoms with E-state index in [9.17, 15) is 13.2 Å². The molecule has 3 aromatic rings. The van der Waals surface area contributed by atoms with Crippen LogP contribution in [0.15, 0.2) is 78.0 Å². The number of sulfonamides is 1. The van der Waals surface area contributed by atoms with Crippen LogP contribution < -0.4 is 10.0 Å². The quantitative estimate of drug-likeness (QED) is 0.480. The van der Waals surface area contributed by atoms with Crippen LogP contribution in [-0.2, 0) is 16.4 Å². The van der Waals surface area contributed by atoms with Gasteiger partial charge in [-0.3, -0.25) is 9.78 Å². The van der Waals surface area contributed by atoms with Crippen LogP contribution in [0.5, 0.6) is 0 Å². The van der Waals surface area contributed by atoms with E-state index in [1.807, 2.05) is 12.1 Å². The first-order chi connectivity index (χ1) is 13.4. The number of hydrogen-bond acceptors (Lipinski definition) is 4. The molecule has 6 nitrogen and oxygen atoms in total. The fourth-order valence-corrected chi connectivity index (χ4v) is 3.88. The van der Waals surface area contributed by atoms with Crippen molar-refractivity contribution < 1.29 is 13.2 Å². The number of rotatable bonds is 7. The van der Waals surface area contributed by atoms with Crippen LogP contribution in [0, 0.1) is 3.57 Å². The number of anilines is 1. The van der Waals surface area contributed by atoms with E-state index >= 15 is 0 Å². The molecule has 28 heavy (non-hydrogen) atoms. The molecule has 0 aliphatic heterocycles. The van der Waals surface area contributed by atoms with Crippen molar-refractivity contribution in [2.75, 3.05) is 11.9 Å². The van der Waals surface area contributed by atoms with Gasteiger partial charge in [0.05, 0.1) is 4.90 Å². The lowest BCUT2D eigenvalue weighted by Gasteiger charge is -2.08. The highest BCUT2D eigenvalue weighted by atomic mass is 127. The standard InChI is InChI=1S/C20H18IN3O3S/c21-17-5-7-19(8-6-17)28(26,27)23-14-9-15-1-3-16(4-2-15)20(25)24-18-10-12-22-13-11-18/h1-8,10-13,23H,9,14H2,(H,22,24,25). The Hall–Kier alpha value is -2.30. The van der Waals surface area contributed by atoms with Gasteiger partial charge in [-0.1, -0.05) is 12.1 Å². The monoisotopic (exact) mass is 507 g/mol. The lowest BCUT2D eigenvalue weighted by molar-refractivity contribution is 0.102. The molecule has 144 valence electrons. The second-order valence-electron chi connectivity index (χ2n) is 5.99. The number of benzene rings is 2. The van der Waals surface area contributed by atoms with E-state index < -0.39 is 10.0 Å². The van der Waals surface area contributed by atoms with Gasteiger partial charge in [-0.25, -0.2) is 13.1 Å². The van der Waals surface area contributed by atoms with Gasteiger partial charge in [-0.15, -0.1) is 0 Å². The highest BCUT2D eigenvalue weighted by molar-refractivity contribution is 14.1. The Kier molecular flexibility index (Phi) is 6.76. The Morgan fingerprint density at radius 1 is 0.929 bits per heavy atom. The number of pyridine rings is 1. The Morgan fingerprint density at radius 3 is 2.21 bits per heavy atom. The third-order valence-electron chi connectivity index (χ3n) is 3.98. The molecule has 3 rings (SSSR count). The van der Waals surface area contributed by atoms with Crippen molar-refractivity contribution in [2.24, 2.45) is 0 Å². The predicted molar refractivity (Wildman–Crippen MR) is 117 cm³/mol. The first-order valence-corrected chi connectivity index (χ1v) is 11.1. The first kappa shape index (κ1) is 20.4. The van der Waals surface area contributed by atoms with E-state index in [1.54, 1.807) is 60.9 Å². The zero-order valence-corrected chi connectivity index (χ0v) is 17.8.